The van der Waals surface area contributed by atoms with E-state index >= 15 is 0 Å². The smallest absolute Gasteiger partial charge is 0.243 e. The van der Waals surface area contributed by atoms with Gasteiger partial charge in [-0.3, -0.25) is 4.79 Å². The van der Waals surface area contributed by atoms with Gasteiger partial charge < -0.3 is 23.8 Å². The van der Waals surface area contributed by atoms with Crippen LogP contribution in [0.2, 0.25) is 0 Å². The Morgan fingerprint density at radius 3 is 2.05 bits per heavy atom. The number of methoxy groups -OCH3 is 3. The van der Waals surface area contributed by atoms with E-state index in [0.29, 0.717) is 29.6 Å². The Balaban J connectivity index is 1.83. The third kappa shape index (κ3) is 6.87. The fraction of sp³-hybridized carbons (Fsp3) is 0.519. The highest BCUT2D eigenvalue weighted by Crippen LogP contribution is 2.38. The topological polar surface area (TPSA) is 94.6 Å². The molecule has 2 aromatic carbocycles. The van der Waals surface area contributed by atoms with E-state index in [-0.39, 0.29) is 29.9 Å². The van der Waals surface area contributed by atoms with Crippen LogP contribution in [0.3, 0.4) is 0 Å². The Labute approximate surface area is 220 Å². The molecule has 10 heteroatoms. The molecular formula is C27H38N2O7S. The summed E-state index contributed by atoms with van der Waals surface area (Å²) in [6, 6.07) is 9.72. The molecule has 0 saturated heterocycles. The Morgan fingerprint density at radius 2 is 1.54 bits per heavy atom. The second-order valence-corrected chi connectivity index (χ2v) is 10.9. The van der Waals surface area contributed by atoms with Crippen molar-refractivity contribution >= 4 is 15.9 Å². The van der Waals surface area contributed by atoms with Gasteiger partial charge in [-0.1, -0.05) is 19.3 Å². The zero-order valence-electron chi connectivity index (χ0n) is 22.4. The number of hydrogen-bond acceptors (Lipinski definition) is 7. The molecule has 37 heavy (non-hydrogen) atoms. The van der Waals surface area contributed by atoms with E-state index < -0.39 is 10.0 Å². The van der Waals surface area contributed by atoms with Gasteiger partial charge in [-0.25, -0.2) is 8.42 Å². The van der Waals surface area contributed by atoms with Crippen LogP contribution in [-0.2, 0) is 21.4 Å². The normalized spacial score (nSPS) is 14.3. The second kappa shape index (κ2) is 13.0. The fourth-order valence-corrected chi connectivity index (χ4v) is 6.27. The van der Waals surface area contributed by atoms with Gasteiger partial charge in [0.1, 0.15) is 5.75 Å². The zero-order chi connectivity index (χ0) is 27.0. The van der Waals surface area contributed by atoms with Gasteiger partial charge in [0.15, 0.2) is 11.5 Å². The average Bonchev–Trinajstić information content (AvgIpc) is 2.91. The third-order valence-corrected chi connectivity index (χ3v) is 8.50. The molecule has 1 aliphatic carbocycles. The monoisotopic (exact) mass is 534 g/mol. The molecule has 2 aromatic rings. The van der Waals surface area contributed by atoms with Gasteiger partial charge in [-0.15, -0.1) is 0 Å². The molecule has 0 N–H and O–H groups in total. The maximum atomic E-state index is 13.7. The molecule has 0 radical (unpaired) electrons. The first-order chi connectivity index (χ1) is 17.7. The zero-order valence-corrected chi connectivity index (χ0v) is 23.2. The number of ether oxygens (including phenoxy) is 4. The molecule has 1 fully saturated rings. The van der Waals surface area contributed by atoms with Crippen molar-refractivity contribution in [1.82, 2.24) is 9.21 Å². The summed E-state index contributed by atoms with van der Waals surface area (Å²) in [6.07, 6.45) is 4.42. The molecule has 204 valence electrons. The summed E-state index contributed by atoms with van der Waals surface area (Å²) in [5, 5.41) is 0. The van der Waals surface area contributed by atoms with Crippen LogP contribution < -0.4 is 18.9 Å². The molecule has 0 spiro atoms. The molecule has 0 bridgehead atoms. The highest BCUT2D eigenvalue weighted by atomic mass is 32.2. The number of carbonyl (C=O) groups excluding carboxylic acids is 1. The van der Waals surface area contributed by atoms with Gasteiger partial charge in [0.05, 0.1) is 39.4 Å². The summed E-state index contributed by atoms with van der Waals surface area (Å²) in [4.78, 5) is 15.0. The highest BCUT2D eigenvalue weighted by Gasteiger charge is 2.34. The first-order valence-electron chi connectivity index (χ1n) is 12.5. The second-order valence-electron chi connectivity index (χ2n) is 9.03. The van der Waals surface area contributed by atoms with Gasteiger partial charge in [0.25, 0.3) is 0 Å². The molecule has 0 heterocycles. The lowest BCUT2D eigenvalue weighted by atomic mass is 9.95. The maximum absolute atomic E-state index is 13.7. The Morgan fingerprint density at radius 1 is 0.946 bits per heavy atom. The van der Waals surface area contributed by atoms with Gasteiger partial charge in [0.2, 0.25) is 21.7 Å². The van der Waals surface area contributed by atoms with E-state index in [1.54, 1.807) is 43.4 Å². The summed E-state index contributed by atoms with van der Waals surface area (Å²) in [5.41, 5.74) is 0.768. The minimum Gasteiger partial charge on any atom is -0.494 e. The van der Waals surface area contributed by atoms with Crippen molar-refractivity contribution in [3.05, 3.63) is 42.0 Å². The van der Waals surface area contributed by atoms with Crippen LogP contribution in [-0.4, -0.2) is 71.1 Å². The van der Waals surface area contributed by atoms with Crippen molar-refractivity contribution in [2.24, 2.45) is 0 Å². The molecular weight excluding hydrogens is 496 g/mol. The molecule has 1 amide bonds. The first kappa shape index (κ1) is 28.6. The maximum Gasteiger partial charge on any atom is 0.243 e. The van der Waals surface area contributed by atoms with Crippen LogP contribution in [0.1, 0.15) is 44.6 Å². The number of sulfonamides is 1. The summed E-state index contributed by atoms with van der Waals surface area (Å²) in [5.74, 6) is 1.74. The Kier molecular flexibility index (Phi) is 10.0. The fourth-order valence-electron chi connectivity index (χ4n) is 4.63. The molecule has 0 aromatic heterocycles. The molecule has 9 nitrogen and oxygen atoms in total. The summed E-state index contributed by atoms with van der Waals surface area (Å²) < 4.78 is 50.5. The molecule has 0 atom stereocenters. The number of nitrogens with zero attached hydrogens (tertiary/aromatic N) is 2. The summed E-state index contributed by atoms with van der Waals surface area (Å²) in [7, 11) is 2.36. The van der Waals surface area contributed by atoms with E-state index in [1.165, 1.54) is 30.5 Å². The van der Waals surface area contributed by atoms with Crippen LogP contribution >= 0.6 is 0 Å². The molecule has 0 aliphatic heterocycles. The van der Waals surface area contributed by atoms with E-state index in [9.17, 15) is 13.2 Å². The number of likely N-dealkylation sites (N-methyl/N-ethyl adjacent to an activating group) is 1. The number of rotatable bonds is 12. The SMILES string of the molecule is CCOc1ccc(S(=O)(=O)N(CC(=O)N(C)Cc2cc(OC)c(OC)c(OC)c2)C2CCCCC2)cc1. The van der Waals surface area contributed by atoms with Crippen LogP contribution in [0.25, 0.3) is 0 Å². The van der Waals surface area contributed by atoms with E-state index in [4.69, 9.17) is 18.9 Å². The van der Waals surface area contributed by atoms with Crippen molar-refractivity contribution in [1.29, 1.82) is 0 Å². The minimum absolute atomic E-state index is 0.154. The Bertz CT molecular complexity index is 1120. The van der Waals surface area contributed by atoms with Gasteiger partial charge >= 0.3 is 0 Å². The average molecular weight is 535 g/mol. The Hall–Kier alpha value is -2.98. The predicted molar refractivity (Wildman–Crippen MR) is 141 cm³/mol. The molecule has 1 aliphatic rings. The van der Waals surface area contributed by atoms with Crippen LogP contribution in [0.15, 0.2) is 41.3 Å². The standard InChI is InChI=1S/C27H38N2O7S/c1-6-36-22-12-14-23(15-13-22)37(31,32)29(21-10-8-7-9-11-21)19-26(30)28(2)18-20-16-24(33-3)27(35-5)25(17-20)34-4/h12-17,21H,6-11,18-19H2,1-5H3. The van der Waals surface area contributed by atoms with Crippen molar-refractivity contribution < 1.29 is 32.2 Å². The van der Waals surface area contributed by atoms with Crippen molar-refractivity contribution in [3.63, 3.8) is 0 Å². The van der Waals surface area contributed by atoms with Crippen molar-refractivity contribution in [2.45, 2.75) is 56.5 Å². The number of amides is 1. The first-order valence-corrected chi connectivity index (χ1v) is 14.0. The molecule has 1 saturated carbocycles. The van der Waals surface area contributed by atoms with E-state index in [1.807, 2.05) is 6.92 Å². The largest absolute Gasteiger partial charge is 0.494 e. The minimum atomic E-state index is -3.89. The van der Waals surface area contributed by atoms with Crippen LogP contribution in [0.5, 0.6) is 23.0 Å². The lowest BCUT2D eigenvalue weighted by Crippen LogP contribution is -2.47. The van der Waals surface area contributed by atoms with Gasteiger partial charge in [-0.2, -0.15) is 4.31 Å². The number of benzene rings is 2. The van der Waals surface area contributed by atoms with E-state index in [2.05, 4.69) is 0 Å². The third-order valence-electron chi connectivity index (χ3n) is 6.58. The van der Waals surface area contributed by atoms with Crippen LogP contribution in [0, 0.1) is 0 Å². The summed E-state index contributed by atoms with van der Waals surface area (Å²) in [6.45, 7) is 2.38. The highest BCUT2D eigenvalue weighted by molar-refractivity contribution is 7.89. The molecule has 0 unspecified atom stereocenters. The van der Waals surface area contributed by atoms with Gasteiger partial charge in [-0.05, 0) is 61.7 Å². The lowest BCUT2D eigenvalue weighted by Gasteiger charge is -2.34. The molecule has 3 rings (SSSR count). The van der Waals surface area contributed by atoms with Gasteiger partial charge in [0, 0.05) is 19.6 Å². The lowest BCUT2D eigenvalue weighted by molar-refractivity contribution is -0.131. The predicted octanol–water partition coefficient (Wildman–Crippen LogP) is 4.09. The van der Waals surface area contributed by atoms with Crippen LogP contribution in [0.4, 0.5) is 0 Å². The van der Waals surface area contributed by atoms with Crippen molar-refractivity contribution in [2.75, 3.05) is 41.5 Å². The van der Waals surface area contributed by atoms with Crippen molar-refractivity contribution in [3.8, 4) is 23.0 Å². The number of hydrogen-bond donors (Lipinski definition) is 0. The quantitative estimate of drug-likeness (QED) is 0.405. The number of carbonyl (C=O) groups is 1. The van der Waals surface area contributed by atoms with E-state index in [0.717, 1.165) is 37.7 Å². The summed E-state index contributed by atoms with van der Waals surface area (Å²) >= 11 is 0.